The molecular weight excluding hydrogens is 582 g/mol. The first-order chi connectivity index (χ1) is 21.6. The molecule has 7 nitrogen and oxygen atoms in total. The summed E-state index contributed by atoms with van der Waals surface area (Å²) in [6.45, 7) is 16.8. The van der Waals surface area contributed by atoms with Gasteiger partial charge >= 0.3 is 0 Å². The molecule has 8 heteroatoms. The van der Waals surface area contributed by atoms with E-state index in [0.29, 0.717) is 32.5 Å². The standard InChI is InChI=1S/C37H47N3O4S/c1-7-19-38(22-27-15-10-9-11-16-27)34(42)30-29-17-18-37(45-29)31(30)35(43)40(28(23-41)21-24(3)4)33(37)36(44)39(20-8-2)32-25(5)13-12-14-26(32)6/h7-16,24,28-31,33,41H,1-2,17-23H2,3-6H3/t28-,29+,30-,31+,33?,37?/m1/s1. The Bertz CT molecular complexity index is 1420. The Labute approximate surface area is 272 Å². The number of anilines is 1. The van der Waals surface area contributed by atoms with Crippen molar-refractivity contribution in [1.29, 1.82) is 0 Å². The Kier molecular flexibility index (Phi) is 9.94. The van der Waals surface area contributed by atoms with E-state index in [4.69, 9.17) is 0 Å². The topological polar surface area (TPSA) is 81.2 Å². The molecule has 6 atom stereocenters. The van der Waals surface area contributed by atoms with Crippen molar-refractivity contribution in [2.75, 3.05) is 24.6 Å². The van der Waals surface area contributed by atoms with E-state index in [1.165, 1.54) is 0 Å². The number of hydrogen-bond acceptors (Lipinski definition) is 5. The molecule has 240 valence electrons. The summed E-state index contributed by atoms with van der Waals surface area (Å²) in [6, 6.07) is 14.5. The molecule has 2 aromatic rings. The molecule has 0 saturated carbocycles. The molecule has 0 aliphatic carbocycles. The normalized spacial score (nSPS) is 25.7. The van der Waals surface area contributed by atoms with Crippen molar-refractivity contribution in [3.8, 4) is 0 Å². The van der Waals surface area contributed by atoms with Crippen LogP contribution in [-0.4, -0.2) is 74.4 Å². The summed E-state index contributed by atoms with van der Waals surface area (Å²) < 4.78 is -0.758. The van der Waals surface area contributed by atoms with Crippen LogP contribution >= 0.6 is 11.8 Å². The predicted molar refractivity (Wildman–Crippen MR) is 182 cm³/mol. The van der Waals surface area contributed by atoms with Crippen LogP contribution < -0.4 is 4.90 Å². The smallest absolute Gasteiger partial charge is 0.251 e. The second-order valence-electron chi connectivity index (χ2n) is 13.2. The Morgan fingerprint density at radius 1 is 1.04 bits per heavy atom. The Balaban J connectivity index is 1.60. The Hall–Kier alpha value is -3.36. The fraction of sp³-hybridized carbons (Fsp3) is 0.486. The molecule has 0 radical (unpaired) electrons. The van der Waals surface area contributed by atoms with Gasteiger partial charge in [-0.1, -0.05) is 74.5 Å². The number of hydrogen-bond donors (Lipinski definition) is 1. The van der Waals surface area contributed by atoms with E-state index < -0.39 is 28.7 Å². The summed E-state index contributed by atoms with van der Waals surface area (Å²) in [6.07, 6.45) is 5.44. The lowest BCUT2D eigenvalue weighted by atomic mass is 9.70. The van der Waals surface area contributed by atoms with E-state index in [9.17, 15) is 14.7 Å². The monoisotopic (exact) mass is 629 g/mol. The van der Waals surface area contributed by atoms with Crippen LogP contribution in [0, 0.1) is 31.6 Å². The molecule has 3 saturated heterocycles. The van der Waals surface area contributed by atoms with E-state index in [2.05, 4.69) is 27.0 Å². The summed E-state index contributed by atoms with van der Waals surface area (Å²) in [7, 11) is 0. The molecule has 0 aromatic heterocycles. The number of para-hydroxylation sites is 1. The highest BCUT2D eigenvalue weighted by molar-refractivity contribution is 8.02. The van der Waals surface area contributed by atoms with Gasteiger partial charge in [-0.05, 0) is 55.7 Å². The van der Waals surface area contributed by atoms with Crippen LogP contribution in [-0.2, 0) is 20.9 Å². The highest BCUT2D eigenvalue weighted by Gasteiger charge is 2.74. The molecule has 3 fully saturated rings. The number of carbonyl (C=O) groups excluding carboxylic acids is 3. The predicted octanol–water partition coefficient (Wildman–Crippen LogP) is 5.54. The van der Waals surface area contributed by atoms with E-state index in [1.54, 1.807) is 38.6 Å². The van der Waals surface area contributed by atoms with Gasteiger partial charge in [-0.15, -0.1) is 24.9 Å². The minimum absolute atomic E-state index is 0.0577. The van der Waals surface area contributed by atoms with Gasteiger partial charge in [-0.2, -0.15) is 0 Å². The average Bonchev–Trinajstić information content (AvgIpc) is 3.66. The first-order valence-corrected chi connectivity index (χ1v) is 17.0. The molecule has 5 rings (SSSR count). The molecule has 2 unspecified atom stereocenters. The van der Waals surface area contributed by atoms with Crippen LogP contribution in [0.25, 0.3) is 0 Å². The number of aryl methyl sites for hydroxylation is 2. The van der Waals surface area contributed by atoms with Gasteiger partial charge < -0.3 is 19.8 Å². The van der Waals surface area contributed by atoms with Crippen LogP contribution in [0.2, 0.25) is 0 Å². The Morgan fingerprint density at radius 2 is 1.71 bits per heavy atom. The summed E-state index contributed by atoms with van der Waals surface area (Å²) in [5.74, 6) is -1.41. The van der Waals surface area contributed by atoms with Crippen molar-refractivity contribution < 1.29 is 19.5 Å². The van der Waals surface area contributed by atoms with Crippen LogP contribution in [0.1, 0.15) is 49.8 Å². The number of thioether (sulfide) groups is 1. The molecule has 1 N–H and O–H groups in total. The molecule has 2 bridgehead atoms. The van der Waals surface area contributed by atoms with E-state index in [-0.39, 0.29) is 35.5 Å². The summed E-state index contributed by atoms with van der Waals surface area (Å²) in [5, 5.41) is 10.6. The Morgan fingerprint density at radius 3 is 2.31 bits per heavy atom. The number of carbonyl (C=O) groups is 3. The van der Waals surface area contributed by atoms with Gasteiger partial charge in [0.15, 0.2) is 0 Å². The van der Waals surface area contributed by atoms with Crippen LogP contribution in [0.4, 0.5) is 5.69 Å². The van der Waals surface area contributed by atoms with E-state index in [0.717, 1.165) is 28.8 Å². The molecule has 45 heavy (non-hydrogen) atoms. The average molecular weight is 630 g/mol. The highest BCUT2D eigenvalue weighted by Crippen LogP contribution is 2.67. The number of rotatable bonds is 13. The second-order valence-corrected chi connectivity index (χ2v) is 14.8. The number of likely N-dealkylation sites (tertiary alicyclic amines) is 1. The second kappa shape index (κ2) is 13.6. The van der Waals surface area contributed by atoms with Gasteiger partial charge in [0.1, 0.15) is 6.04 Å². The molecule has 3 amide bonds. The maximum absolute atomic E-state index is 15.1. The van der Waals surface area contributed by atoms with Gasteiger partial charge in [0.25, 0.3) is 5.91 Å². The third-order valence-electron chi connectivity index (χ3n) is 9.77. The lowest BCUT2D eigenvalue weighted by Crippen LogP contribution is -2.58. The number of fused-ring (bicyclic) bond motifs is 1. The number of aliphatic hydroxyl groups is 1. The first-order valence-electron chi connectivity index (χ1n) is 16.1. The lowest BCUT2D eigenvalue weighted by Gasteiger charge is -2.40. The van der Waals surface area contributed by atoms with Crippen molar-refractivity contribution in [3.63, 3.8) is 0 Å². The molecule has 3 aliphatic rings. The van der Waals surface area contributed by atoms with Crippen molar-refractivity contribution in [2.45, 2.75) is 75.6 Å². The van der Waals surface area contributed by atoms with Crippen molar-refractivity contribution in [3.05, 3.63) is 90.5 Å². The van der Waals surface area contributed by atoms with Crippen molar-refractivity contribution in [2.24, 2.45) is 17.8 Å². The minimum Gasteiger partial charge on any atom is -0.394 e. The van der Waals surface area contributed by atoms with Crippen LogP contribution in [0.15, 0.2) is 73.8 Å². The van der Waals surface area contributed by atoms with Gasteiger partial charge in [-0.25, -0.2) is 0 Å². The third-order valence-corrected chi connectivity index (χ3v) is 11.7. The molecule has 3 heterocycles. The zero-order valence-corrected chi connectivity index (χ0v) is 27.8. The molecular formula is C37H47N3O4S. The molecule has 3 aliphatic heterocycles. The molecule has 2 aromatic carbocycles. The number of benzene rings is 2. The first kappa shape index (κ1) is 33.0. The summed E-state index contributed by atoms with van der Waals surface area (Å²) in [4.78, 5) is 49.6. The van der Waals surface area contributed by atoms with Crippen molar-refractivity contribution >= 4 is 35.2 Å². The SMILES string of the molecule is C=CCN(Cc1ccccc1)C(=O)[C@@H]1[C@@H]2CCC3(S2)C(C(=O)N(CC=C)c2c(C)cccc2C)N([C@@H](CO)CC(C)C)C(=O)[C@H]13. The van der Waals surface area contributed by atoms with Crippen LogP contribution in [0.3, 0.4) is 0 Å². The summed E-state index contributed by atoms with van der Waals surface area (Å²) >= 11 is 1.67. The van der Waals surface area contributed by atoms with Gasteiger partial charge in [0, 0.05) is 30.6 Å². The van der Waals surface area contributed by atoms with Gasteiger partial charge in [0.2, 0.25) is 11.8 Å². The summed E-state index contributed by atoms with van der Waals surface area (Å²) in [5.41, 5.74) is 3.77. The number of nitrogens with zero attached hydrogens (tertiary/aromatic N) is 3. The van der Waals surface area contributed by atoms with E-state index >= 15 is 4.79 Å². The fourth-order valence-electron chi connectivity index (χ4n) is 8.07. The maximum Gasteiger partial charge on any atom is 0.251 e. The largest absolute Gasteiger partial charge is 0.394 e. The zero-order valence-electron chi connectivity index (χ0n) is 27.0. The van der Waals surface area contributed by atoms with Gasteiger partial charge in [0.05, 0.1) is 29.2 Å². The van der Waals surface area contributed by atoms with Gasteiger partial charge in [-0.3, -0.25) is 14.4 Å². The number of amides is 3. The number of aliphatic hydroxyl groups excluding tert-OH is 1. The lowest BCUT2D eigenvalue weighted by molar-refractivity contribution is -0.145. The zero-order chi connectivity index (χ0) is 32.5. The molecule has 1 spiro atoms. The van der Waals surface area contributed by atoms with Crippen molar-refractivity contribution in [1.82, 2.24) is 9.80 Å². The quantitative estimate of drug-likeness (QED) is 0.295. The van der Waals surface area contributed by atoms with Crippen LogP contribution in [0.5, 0.6) is 0 Å². The van der Waals surface area contributed by atoms with E-state index in [1.807, 2.05) is 62.4 Å². The maximum atomic E-state index is 15.1. The highest BCUT2D eigenvalue weighted by atomic mass is 32.2. The fourth-order valence-corrected chi connectivity index (χ4v) is 10.3. The minimum atomic E-state index is -0.806. The third kappa shape index (κ3) is 5.87.